The van der Waals surface area contributed by atoms with Gasteiger partial charge in [0.15, 0.2) is 0 Å². The summed E-state index contributed by atoms with van der Waals surface area (Å²) in [5.74, 6) is -9.86. The Morgan fingerprint density at radius 2 is 0.736 bits per heavy atom. The molecule has 11 N–H and O–H groups in total. The van der Waals surface area contributed by atoms with Crippen molar-refractivity contribution in [3.05, 3.63) is 0 Å². The third-order valence-electron chi connectivity index (χ3n) is 12.0. The number of hydrogen-bond donors (Lipinski definition) is 10. The molecule has 414 valence electrons. The van der Waals surface area contributed by atoms with E-state index >= 15 is 0 Å². The van der Waals surface area contributed by atoms with Gasteiger partial charge in [-0.3, -0.25) is 47.9 Å². The Kier molecular flexibility index (Phi) is 33.9. The van der Waals surface area contributed by atoms with E-state index in [1.54, 1.807) is 41.5 Å². The van der Waals surface area contributed by atoms with Gasteiger partial charge in [-0.05, 0) is 68.1 Å². The molecule has 0 radical (unpaired) electrons. The molecule has 8 amide bonds. The normalized spacial score (nSPS) is 14.4. The Hall–Kier alpha value is -5.30. The third-order valence-corrected chi connectivity index (χ3v) is 12.0. The second kappa shape index (κ2) is 36.6. The van der Waals surface area contributed by atoms with Gasteiger partial charge < -0.3 is 53.2 Å². The van der Waals surface area contributed by atoms with E-state index in [-0.39, 0.29) is 62.2 Å². The smallest absolute Gasteiger partial charge is 0.305 e. The maximum atomic E-state index is 14.1. The van der Waals surface area contributed by atoms with Crippen molar-refractivity contribution in [3.8, 4) is 0 Å². The molecule has 0 bridgehead atoms. The lowest BCUT2D eigenvalue weighted by molar-refractivity contribution is -0.142. The monoisotopic (exact) mass is 1020 g/mol. The van der Waals surface area contributed by atoms with Gasteiger partial charge in [0.25, 0.3) is 0 Å². The van der Waals surface area contributed by atoms with Crippen LogP contribution in [-0.2, 0) is 47.9 Å². The number of carboxylic acid groups (broad SMARTS) is 2. The van der Waals surface area contributed by atoms with Gasteiger partial charge >= 0.3 is 11.9 Å². The van der Waals surface area contributed by atoms with E-state index in [2.05, 4.69) is 44.1 Å². The Bertz CT molecular complexity index is 1720. The van der Waals surface area contributed by atoms with E-state index < -0.39 is 120 Å². The third kappa shape index (κ3) is 30.6. The first-order valence-electron chi connectivity index (χ1n) is 26.5. The van der Waals surface area contributed by atoms with Crippen molar-refractivity contribution in [3.63, 3.8) is 0 Å². The van der Waals surface area contributed by atoms with Gasteiger partial charge in [-0.2, -0.15) is 0 Å². The van der Waals surface area contributed by atoms with Gasteiger partial charge in [-0.25, -0.2) is 0 Å². The Morgan fingerprint density at radius 1 is 0.389 bits per heavy atom. The fourth-order valence-electron chi connectivity index (χ4n) is 8.10. The zero-order chi connectivity index (χ0) is 55.1. The number of hydrogen-bond acceptors (Lipinski definition) is 10. The summed E-state index contributed by atoms with van der Waals surface area (Å²) in [6.07, 6.45) is 11.2. The summed E-state index contributed by atoms with van der Waals surface area (Å²) in [6, 6.07) is -9.05. The molecule has 0 aromatic rings. The first kappa shape index (κ1) is 66.7. The molecule has 0 rings (SSSR count). The second-order valence-electron chi connectivity index (χ2n) is 21.4. The SMILES string of the molecule is CCCCCCCCCCCCCC(=O)N[C@@H](CCC(=O)O)C(=O)N[C@@H](CC(C)C)C(=O)N[C@H](CC(C)C)C(=O)N[C@H](C(=O)N[C@@H](CC(=O)O)C(=O)N[C@H](CC(C)C)C(=O)N[C@@H](CC(C)C)C(N)=O)C(C)C. The van der Waals surface area contributed by atoms with E-state index in [0.717, 1.165) is 25.7 Å². The van der Waals surface area contributed by atoms with Crippen LogP contribution in [0.4, 0.5) is 0 Å². The van der Waals surface area contributed by atoms with E-state index in [9.17, 15) is 58.2 Å². The van der Waals surface area contributed by atoms with E-state index in [1.165, 1.54) is 38.5 Å². The summed E-state index contributed by atoms with van der Waals surface area (Å²) in [4.78, 5) is 132. The van der Waals surface area contributed by atoms with Gasteiger partial charge in [-0.1, -0.05) is 140 Å². The number of nitrogens with two attached hydrogens (primary N) is 1. The van der Waals surface area contributed by atoms with Crippen LogP contribution in [0.15, 0.2) is 0 Å². The van der Waals surface area contributed by atoms with Crippen molar-refractivity contribution < 1.29 is 58.2 Å². The first-order valence-corrected chi connectivity index (χ1v) is 26.5. The highest BCUT2D eigenvalue weighted by Gasteiger charge is 2.36. The fourth-order valence-corrected chi connectivity index (χ4v) is 8.10. The fraction of sp³-hybridized carbons (Fsp3) is 0.808. The molecule has 0 aliphatic heterocycles. The minimum Gasteiger partial charge on any atom is -0.481 e. The number of nitrogens with one attached hydrogen (secondary N) is 7. The van der Waals surface area contributed by atoms with Gasteiger partial charge in [0.05, 0.1) is 6.42 Å². The van der Waals surface area contributed by atoms with Crippen molar-refractivity contribution in [2.45, 2.75) is 240 Å². The molecule has 72 heavy (non-hydrogen) atoms. The number of carbonyl (C=O) groups is 10. The van der Waals surface area contributed by atoms with Crippen LogP contribution < -0.4 is 43.0 Å². The maximum Gasteiger partial charge on any atom is 0.305 e. The molecule has 0 fully saturated rings. The number of aliphatic carboxylic acids is 2. The first-order chi connectivity index (χ1) is 33.7. The Labute approximate surface area is 429 Å². The summed E-state index contributed by atoms with van der Waals surface area (Å²) in [5.41, 5.74) is 5.52. The van der Waals surface area contributed by atoms with Crippen molar-refractivity contribution in [1.29, 1.82) is 0 Å². The van der Waals surface area contributed by atoms with Crippen LogP contribution in [-0.4, -0.2) is 112 Å². The largest absolute Gasteiger partial charge is 0.481 e. The van der Waals surface area contributed by atoms with Crippen LogP contribution in [0.3, 0.4) is 0 Å². The molecular weight excluding hydrogens is 929 g/mol. The van der Waals surface area contributed by atoms with E-state index in [0.29, 0.717) is 6.42 Å². The zero-order valence-electron chi connectivity index (χ0n) is 45.4. The quantitative estimate of drug-likeness (QED) is 0.0372. The maximum absolute atomic E-state index is 14.1. The molecule has 0 saturated heterocycles. The molecule has 0 heterocycles. The van der Waals surface area contributed by atoms with Crippen molar-refractivity contribution >= 4 is 59.2 Å². The highest BCUT2D eigenvalue weighted by atomic mass is 16.4. The Balaban J connectivity index is 6.19. The topological polar surface area (TPSA) is 321 Å². The minimum absolute atomic E-state index is 0.0108. The van der Waals surface area contributed by atoms with E-state index in [4.69, 9.17) is 5.73 Å². The molecule has 0 aromatic heterocycles. The van der Waals surface area contributed by atoms with Gasteiger partial charge in [0.1, 0.15) is 42.3 Å². The molecule has 0 saturated carbocycles. The summed E-state index contributed by atoms with van der Waals surface area (Å²) in [7, 11) is 0. The van der Waals surface area contributed by atoms with Crippen LogP contribution in [0, 0.1) is 29.6 Å². The second-order valence-corrected chi connectivity index (χ2v) is 21.4. The number of amides is 8. The van der Waals surface area contributed by atoms with Gasteiger partial charge in [0.2, 0.25) is 47.3 Å². The van der Waals surface area contributed by atoms with Crippen molar-refractivity contribution in [2.24, 2.45) is 35.3 Å². The van der Waals surface area contributed by atoms with Gasteiger partial charge in [-0.15, -0.1) is 0 Å². The lowest BCUT2D eigenvalue weighted by Gasteiger charge is -2.29. The summed E-state index contributed by atoms with van der Waals surface area (Å²) in [6.45, 7) is 19.9. The standard InChI is InChI=1S/C52H94N8O12/c1-12-13-14-15-16-17-18-19-20-21-22-23-42(61)54-36(24-25-43(62)63)47(67)56-39(28-33(6)7)49(69)58-40(29-34(8)9)51(71)60-45(35(10)11)52(72)59-41(30-44(64)65)50(70)57-38(27-32(4)5)48(68)55-37(46(53)66)26-31(2)3/h31-41,45H,12-30H2,1-11H3,(H2,53,66)(H,54,61)(H,55,68)(H,56,67)(H,57,70)(H,58,69)(H,59,72)(H,60,71)(H,62,63)(H,64,65)/t36-,37-,38+,39-,40+,41-,45-/m0/s1. The predicted octanol–water partition coefficient (Wildman–Crippen LogP) is 4.75. The minimum atomic E-state index is -1.71. The molecule has 20 heteroatoms. The molecular formula is C52H94N8O12. The van der Waals surface area contributed by atoms with Crippen LogP contribution in [0.25, 0.3) is 0 Å². The van der Waals surface area contributed by atoms with E-state index in [1.807, 2.05) is 27.7 Å². The van der Waals surface area contributed by atoms with Gasteiger partial charge in [0, 0.05) is 12.8 Å². The zero-order valence-corrected chi connectivity index (χ0v) is 45.4. The molecule has 0 aliphatic rings. The summed E-state index contributed by atoms with van der Waals surface area (Å²) < 4.78 is 0. The number of carboxylic acids is 2. The average molecular weight is 1020 g/mol. The van der Waals surface area contributed by atoms with Crippen molar-refractivity contribution in [1.82, 2.24) is 37.2 Å². The number of primary amides is 1. The molecule has 0 spiro atoms. The van der Waals surface area contributed by atoms with Crippen LogP contribution in [0.1, 0.15) is 198 Å². The lowest BCUT2D eigenvalue weighted by atomic mass is 9.98. The summed E-state index contributed by atoms with van der Waals surface area (Å²) in [5, 5.41) is 37.4. The molecule has 20 nitrogen and oxygen atoms in total. The van der Waals surface area contributed by atoms with Crippen LogP contribution >= 0.6 is 0 Å². The lowest BCUT2D eigenvalue weighted by Crippen LogP contribution is -2.61. The molecule has 0 unspecified atom stereocenters. The molecule has 0 aromatic carbocycles. The Morgan fingerprint density at radius 3 is 1.11 bits per heavy atom. The average Bonchev–Trinajstić information content (AvgIpc) is 3.26. The number of carbonyl (C=O) groups excluding carboxylic acids is 8. The summed E-state index contributed by atoms with van der Waals surface area (Å²) >= 11 is 0. The molecule has 7 atom stereocenters. The highest BCUT2D eigenvalue weighted by Crippen LogP contribution is 2.15. The molecule has 0 aliphatic carbocycles. The predicted molar refractivity (Wildman–Crippen MR) is 276 cm³/mol. The number of rotatable bonds is 40. The highest BCUT2D eigenvalue weighted by molar-refractivity contribution is 5.98. The van der Waals surface area contributed by atoms with Crippen molar-refractivity contribution in [2.75, 3.05) is 0 Å². The van der Waals surface area contributed by atoms with Crippen LogP contribution in [0.5, 0.6) is 0 Å². The van der Waals surface area contributed by atoms with Crippen LogP contribution in [0.2, 0.25) is 0 Å². The number of unbranched alkanes of at least 4 members (excludes halogenated alkanes) is 10.